The predicted molar refractivity (Wildman–Crippen MR) is 90.5 cm³/mol. The first-order valence-electron chi connectivity index (χ1n) is 7.40. The molecule has 0 saturated carbocycles. The van der Waals surface area contributed by atoms with Crippen molar-refractivity contribution in [3.63, 3.8) is 0 Å². The second-order valence-electron chi connectivity index (χ2n) is 6.81. The highest BCUT2D eigenvalue weighted by molar-refractivity contribution is 9.10. The van der Waals surface area contributed by atoms with E-state index in [4.69, 9.17) is 9.47 Å². The van der Waals surface area contributed by atoms with E-state index in [1.807, 2.05) is 0 Å². The minimum absolute atomic E-state index is 0.360. The lowest BCUT2D eigenvalue weighted by atomic mass is 10.1. The Labute approximate surface area is 132 Å². The zero-order chi connectivity index (χ0) is 14.8. The zero-order valence-corrected chi connectivity index (χ0v) is 15.6. The van der Waals surface area contributed by atoms with E-state index in [9.17, 15) is 0 Å². The van der Waals surface area contributed by atoms with Gasteiger partial charge in [0, 0.05) is 14.7 Å². The predicted octanol–water partition coefficient (Wildman–Crippen LogP) is 4.94. The van der Waals surface area contributed by atoms with E-state index in [0.717, 1.165) is 23.2 Å². The molecule has 112 valence electrons. The number of ether oxygens (including phenoxy) is 2. The van der Waals surface area contributed by atoms with E-state index < -0.39 is 8.07 Å². The molecule has 1 aliphatic carbocycles. The van der Waals surface area contributed by atoms with E-state index >= 15 is 0 Å². The molecule has 0 fully saturated rings. The molecule has 2 rings (SSSR count). The van der Waals surface area contributed by atoms with Gasteiger partial charge in [-0.05, 0) is 64.9 Å². The van der Waals surface area contributed by atoms with E-state index in [-0.39, 0.29) is 0 Å². The Hall–Kier alpha value is -0.323. The smallest absolute Gasteiger partial charge is 0.189 e. The van der Waals surface area contributed by atoms with Crippen LogP contribution in [0.1, 0.15) is 23.1 Å². The molecule has 1 aliphatic rings. The Morgan fingerprint density at radius 2 is 2.00 bits per heavy atom. The van der Waals surface area contributed by atoms with Gasteiger partial charge in [0.2, 0.25) is 0 Å². The van der Waals surface area contributed by atoms with Crippen molar-refractivity contribution < 1.29 is 9.47 Å². The molecule has 2 nitrogen and oxygen atoms in total. The van der Waals surface area contributed by atoms with Gasteiger partial charge in [-0.25, -0.2) is 0 Å². The minimum atomic E-state index is -1.01. The lowest BCUT2D eigenvalue weighted by Crippen LogP contribution is -2.22. The summed E-state index contributed by atoms with van der Waals surface area (Å²) in [5, 5.41) is 0. The van der Waals surface area contributed by atoms with Crippen molar-refractivity contribution in [3.8, 4) is 5.75 Å². The third kappa shape index (κ3) is 4.09. The van der Waals surface area contributed by atoms with E-state index in [0.29, 0.717) is 6.79 Å². The molecule has 1 aromatic carbocycles. The van der Waals surface area contributed by atoms with Crippen LogP contribution in [0.3, 0.4) is 0 Å². The van der Waals surface area contributed by atoms with Gasteiger partial charge in [0.1, 0.15) is 5.75 Å². The largest absolute Gasteiger partial charge is 0.466 e. The van der Waals surface area contributed by atoms with Crippen molar-refractivity contribution in [3.05, 3.63) is 27.2 Å². The Morgan fingerprint density at radius 1 is 1.25 bits per heavy atom. The summed E-state index contributed by atoms with van der Waals surface area (Å²) in [5.74, 6) is 1.01. The van der Waals surface area contributed by atoms with Crippen molar-refractivity contribution in [2.24, 2.45) is 0 Å². The highest BCUT2D eigenvalue weighted by atomic mass is 79.9. The number of hydrogen-bond acceptors (Lipinski definition) is 2. The molecule has 0 bridgehead atoms. The maximum absolute atomic E-state index is 5.92. The van der Waals surface area contributed by atoms with Crippen molar-refractivity contribution >= 4 is 24.0 Å². The molecule has 0 heterocycles. The number of rotatable bonds is 6. The van der Waals surface area contributed by atoms with Crippen LogP contribution in [0.4, 0.5) is 0 Å². The average molecular weight is 357 g/mol. The van der Waals surface area contributed by atoms with Gasteiger partial charge in [-0.15, -0.1) is 0 Å². The molecule has 0 unspecified atom stereocenters. The summed E-state index contributed by atoms with van der Waals surface area (Å²) in [4.78, 5) is 0. The fourth-order valence-corrected chi connectivity index (χ4v) is 3.74. The zero-order valence-electron chi connectivity index (χ0n) is 13.0. The van der Waals surface area contributed by atoms with Gasteiger partial charge in [-0.2, -0.15) is 0 Å². The summed E-state index contributed by atoms with van der Waals surface area (Å²) in [6, 6.07) is 3.47. The summed E-state index contributed by atoms with van der Waals surface area (Å²) in [6.45, 7) is 10.4. The molecule has 0 amide bonds. The molecule has 0 aromatic heterocycles. The van der Waals surface area contributed by atoms with Gasteiger partial charge >= 0.3 is 0 Å². The van der Waals surface area contributed by atoms with Gasteiger partial charge in [-0.3, -0.25) is 0 Å². The molecular formula is C16H25BrO2Si. The highest BCUT2D eigenvalue weighted by Crippen LogP contribution is 2.39. The molecule has 1 aromatic rings. The molecule has 4 heteroatoms. The van der Waals surface area contributed by atoms with Crippen LogP contribution in [-0.4, -0.2) is 21.5 Å². The van der Waals surface area contributed by atoms with Crippen molar-refractivity contribution in [1.29, 1.82) is 0 Å². The van der Waals surface area contributed by atoms with Crippen molar-refractivity contribution in [1.82, 2.24) is 0 Å². The highest BCUT2D eigenvalue weighted by Gasteiger charge is 2.20. The Bertz CT molecular complexity index is 480. The standard InChI is InChI=1S/C16H25BrO2Si/c1-12-10-13-6-5-7-14(13)16(15(12)17)19-11-18-8-9-20(2,3)4/h10H,5-9,11H2,1-4H3. The Morgan fingerprint density at radius 3 is 2.70 bits per heavy atom. The van der Waals surface area contributed by atoms with Crippen LogP contribution < -0.4 is 4.74 Å². The first-order valence-corrected chi connectivity index (χ1v) is 11.9. The van der Waals surface area contributed by atoms with Crippen molar-refractivity contribution in [2.45, 2.75) is 51.9 Å². The van der Waals surface area contributed by atoms with Crippen LogP contribution in [0, 0.1) is 6.92 Å². The number of benzene rings is 1. The summed E-state index contributed by atoms with van der Waals surface area (Å²) < 4.78 is 12.7. The summed E-state index contributed by atoms with van der Waals surface area (Å²) in [6.07, 6.45) is 3.53. The fourth-order valence-electron chi connectivity index (χ4n) is 2.51. The quantitative estimate of drug-likeness (QED) is 0.408. The molecule has 0 N–H and O–H groups in total. The molecular weight excluding hydrogens is 332 g/mol. The SMILES string of the molecule is Cc1cc2c(c(OCOCC[Si](C)(C)C)c1Br)CCC2. The minimum Gasteiger partial charge on any atom is -0.466 e. The van der Waals surface area contributed by atoms with Gasteiger partial charge in [0.15, 0.2) is 6.79 Å². The van der Waals surface area contributed by atoms with Crippen LogP contribution in [0.15, 0.2) is 10.5 Å². The monoisotopic (exact) mass is 356 g/mol. The first kappa shape index (κ1) is 16.1. The number of hydrogen-bond donors (Lipinski definition) is 0. The maximum atomic E-state index is 5.92. The van der Waals surface area contributed by atoms with Gasteiger partial charge in [-0.1, -0.05) is 25.7 Å². The van der Waals surface area contributed by atoms with Gasteiger partial charge in [0.05, 0.1) is 4.47 Å². The molecule has 0 atom stereocenters. The molecule has 0 saturated heterocycles. The first-order chi connectivity index (χ1) is 9.38. The van der Waals surface area contributed by atoms with Gasteiger partial charge < -0.3 is 9.47 Å². The number of fused-ring (bicyclic) bond motifs is 1. The Balaban J connectivity index is 1.93. The third-order valence-corrected chi connectivity index (χ3v) is 6.44. The summed E-state index contributed by atoms with van der Waals surface area (Å²) >= 11 is 3.66. The van der Waals surface area contributed by atoms with Crippen LogP contribution in [0.2, 0.25) is 25.7 Å². The second-order valence-corrected chi connectivity index (χ2v) is 13.2. The van der Waals surface area contributed by atoms with Crippen LogP contribution >= 0.6 is 15.9 Å². The molecule has 20 heavy (non-hydrogen) atoms. The number of aryl methyl sites for hydroxylation is 2. The second kappa shape index (κ2) is 6.63. The topological polar surface area (TPSA) is 18.5 Å². The van der Waals surface area contributed by atoms with E-state index in [2.05, 4.69) is 48.6 Å². The average Bonchev–Trinajstić information content (AvgIpc) is 2.79. The van der Waals surface area contributed by atoms with Crippen LogP contribution in [0.5, 0.6) is 5.75 Å². The lowest BCUT2D eigenvalue weighted by Gasteiger charge is -2.17. The molecule has 0 spiro atoms. The van der Waals surface area contributed by atoms with Crippen molar-refractivity contribution in [2.75, 3.05) is 13.4 Å². The normalized spacial score (nSPS) is 14.4. The summed E-state index contributed by atoms with van der Waals surface area (Å²) in [7, 11) is -1.01. The molecule has 0 aliphatic heterocycles. The fraction of sp³-hybridized carbons (Fsp3) is 0.625. The van der Waals surface area contributed by atoms with Gasteiger partial charge in [0.25, 0.3) is 0 Å². The van der Waals surface area contributed by atoms with E-state index in [1.54, 1.807) is 0 Å². The maximum Gasteiger partial charge on any atom is 0.189 e. The van der Waals surface area contributed by atoms with E-state index in [1.165, 1.54) is 35.6 Å². The summed E-state index contributed by atoms with van der Waals surface area (Å²) in [5.41, 5.74) is 4.07. The Kier molecular flexibility index (Phi) is 5.32. The van der Waals surface area contributed by atoms with Crippen LogP contribution in [-0.2, 0) is 17.6 Å². The van der Waals surface area contributed by atoms with Crippen LogP contribution in [0.25, 0.3) is 0 Å². The molecule has 0 radical (unpaired) electrons. The number of halogens is 1. The lowest BCUT2D eigenvalue weighted by molar-refractivity contribution is 0.0210. The third-order valence-electron chi connectivity index (χ3n) is 3.75.